The molecule has 3 amide bonds. The van der Waals surface area contributed by atoms with Gasteiger partial charge in [0.1, 0.15) is 12.1 Å². The molecule has 448 valence electrons. The number of guanidine groups is 1. The number of hydrogen-bond donors (Lipinski definition) is 9. The Hall–Kier alpha value is -2.86. The second-order valence-corrected chi connectivity index (χ2v) is 25.0. The van der Waals surface area contributed by atoms with Gasteiger partial charge in [0.2, 0.25) is 17.7 Å². The van der Waals surface area contributed by atoms with E-state index < -0.39 is 69.3 Å². The van der Waals surface area contributed by atoms with E-state index in [9.17, 15) is 33.7 Å². The van der Waals surface area contributed by atoms with Crippen LogP contribution in [0.5, 0.6) is 0 Å². The Balaban J connectivity index is 5.12. The molecule has 19 heteroatoms. The largest absolute Gasteiger partial charge is 0.481 e. The average Bonchev–Trinajstić information content (AvgIpc) is 3.33. The topological polar surface area (TPSA) is 287 Å². The van der Waals surface area contributed by atoms with Crippen molar-refractivity contribution >= 4 is 37.5 Å². The minimum absolute atomic E-state index is 0.172. The van der Waals surface area contributed by atoms with E-state index in [1.54, 1.807) is 0 Å². The summed E-state index contributed by atoms with van der Waals surface area (Å²) >= 11 is 0. The van der Waals surface area contributed by atoms with Crippen molar-refractivity contribution in [3.8, 4) is 0 Å². The van der Waals surface area contributed by atoms with Gasteiger partial charge in [-0.3, -0.25) is 33.6 Å². The minimum atomic E-state index is -4.63. The van der Waals surface area contributed by atoms with Crippen LogP contribution in [0.15, 0.2) is 0 Å². The minimum Gasteiger partial charge on any atom is -0.481 e. The molecule has 0 aliphatic heterocycles. The Bertz CT molecular complexity index is 1580. The zero-order valence-corrected chi connectivity index (χ0v) is 50.3. The molecule has 10 unspecified atom stereocenters. The average molecular weight is 1100 g/mol. The number of carbonyl (C=O) groups excluding carboxylic acids is 3. The van der Waals surface area contributed by atoms with Crippen LogP contribution in [0.3, 0.4) is 0 Å². The van der Waals surface area contributed by atoms with Crippen LogP contribution in [0, 0.1) is 52.8 Å². The lowest BCUT2D eigenvalue weighted by atomic mass is 9.91. The first-order chi connectivity index (χ1) is 35.9. The summed E-state index contributed by atoms with van der Waals surface area (Å²) in [7, 11) is -4.63. The zero-order valence-electron chi connectivity index (χ0n) is 49.4. The smallest absolute Gasteiger partial charge is 0.472 e. The molecule has 0 aliphatic rings. The van der Waals surface area contributed by atoms with Crippen LogP contribution in [0.25, 0.3) is 0 Å². The van der Waals surface area contributed by atoms with Crippen molar-refractivity contribution in [3.05, 3.63) is 0 Å². The maximum absolute atomic E-state index is 13.0. The molecule has 0 fully saturated rings. The molecule has 0 bridgehead atoms. The van der Waals surface area contributed by atoms with E-state index in [2.05, 4.69) is 90.5 Å². The third kappa shape index (κ3) is 45.1. The highest BCUT2D eigenvalue weighted by Gasteiger charge is 2.27. The molecular weight excluding hydrogens is 990 g/mol. The van der Waals surface area contributed by atoms with Crippen LogP contribution in [0.1, 0.15) is 217 Å². The van der Waals surface area contributed by atoms with Gasteiger partial charge in [0.15, 0.2) is 5.96 Å². The van der Waals surface area contributed by atoms with Crippen molar-refractivity contribution in [2.75, 3.05) is 52.7 Å². The number of carboxylic acids is 1. The van der Waals surface area contributed by atoms with E-state index in [1.807, 2.05) is 0 Å². The monoisotopic (exact) mass is 1100 g/mol. The summed E-state index contributed by atoms with van der Waals surface area (Å²) in [6, 6.07) is -2.48. The molecule has 0 saturated heterocycles. The van der Waals surface area contributed by atoms with Gasteiger partial charge in [0, 0.05) is 26.3 Å². The highest BCUT2D eigenvalue weighted by Crippen LogP contribution is 2.43. The first-order valence-electron chi connectivity index (χ1n) is 29.6. The van der Waals surface area contributed by atoms with Gasteiger partial charge in [-0.2, -0.15) is 0 Å². The van der Waals surface area contributed by atoms with Gasteiger partial charge in [0.25, 0.3) is 0 Å². The maximum Gasteiger partial charge on any atom is 0.472 e. The molecule has 0 aromatic carbocycles. The summed E-state index contributed by atoms with van der Waals surface area (Å²) in [5.74, 6) is 1.59. The third-order valence-corrected chi connectivity index (χ3v) is 15.4. The van der Waals surface area contributed by atoms with E-state index in [0.717, 1.165) is 61.7 Å². The number of hydrogen-bond acceptors (Lipinski definition) is 11. The molecule has 10 atom stereocenters. The molecule has 18 nitrogen and oxygen atoms in total. The molecule has 0 radical (unpaired) electrons. The molecule has 0 aromatic rings. The molecule has 0 aromatic heterocycles. The van der Waals surface area contributed by atoms with Crippen molar-refractivity contribution in [2.45, 2.75) is 235 Å². The van der Waals surface area contributed by atoms with Gasteiger partial charge in [-0.25, -0.2) is 4.57 Å². The Morgan fingerprint density at radius 3 is 1.43 bits per heavy atom. The number of carbonyl (C=O) groups is 4. The molecule has 0 saturated carbocycles. The lowest BCUT2D eigenvalue weighted by Gasteiger charge is -2.22. The lowest BCUT2D eigenvalue weighted by molar-refractivity contribution is -0.140. The normalized spacial score (nSPS) is 16.2. The summed E-state index contributed by atoms with van der Waals surface area (Å²) in [4.78, 5) is 59.9. The fourth-order valence-corrected chi connectivity index (χ4v) is 9.98. The van der Waals surface area contributed by atoms with Gasteiger partial charge in [-0.1, -0.05) is 185 Å². The summed E-state index contributed by atoms with van der Waals surface area (Å²) < 4.78 is 35.8. The summed E-state index contributed by atoms with van der Waals surface area (Å²) in [5, 5.41) is 26.2. The van der Waals surface area contributed by atoms with Gasteiger partial charge < -0.3 is 52.2 Å². The predicted octanol–water partition coefficient (Wildman–Crippen LogP) is 10.2. The van der Waals surface area contributed by atoms with Gasteiger partial charge >= 0.3 is 13.8 Å². The van der Waals surface area contributed by atoms with Crippen molar-refractivity contribution in [2.24, 2.45) is 58.8 Å². The van der Waals surface area contributed by atoms with Gasteiger partial charge in [-0.15, -0.1) is 0 Å². The third-order valence-electron chi connectivity index (χ3n) is 14.4. The quantitative estimate of drug-likeness (QED) is 0.0119. The van der Waals surface area contributed by atoms with Crippen LogP contribution < -0.4 is 32.7 Å². The molecule has 0 rings (SSSR count). The van der Waals surface area contributed by atoms with Crippen LogP contribution in [-0.4, -0.2) is 111 Å². The first kappa shape index (κ1) is 73.1. The number of ether oxygens (including phenoxy) is 2. The Kier molecular flexibility index (Phi) is 43.2. The number of rotatable bonds is 51. The van der Waals surface area contributed by atoms with E-state index in [4.69, 9.17) is 35.4 Å². The van der Waals surface area contributed by atoms with Crippen molar-refractivity contribution in [3.63, 3.8) is 0 Å². The van der Waals surface area contributed by atoms with Gasteiger partial charge in [0.05, 0.1) is 38.8 Å². The van der Waals surface area contributed by atoms with Crippen LogP contribution >= 0.6 is 7.82 Å². The van der Waals surface area contributed by atoms with Crippen LogP contribution in [-0.2, 0) is 42.3 Å². The Morgan fingerprint density at radius 2 is 0.987 bits per heavy atom. The molecule has 0 heterocycles. The van der Waals surface area contributed by atoms with E-state index in [0.29, 0.717) is 43.9 Å². The Morgan fingerprint density at radius 1 is 0.539 bits per heavy atom. The standard InChI is InChI=1S/C57H114N7O11P/c1-42(2)18-11-20-44(5)22-13-24-46(7)26-15-28-48(9)31-35-72-40-50(73-36-32-49(10)29-16-27-47(8)25-14-23-45(6)21-12-19-43(3)4)41-75-76(70,71)74-37-34-61-56(69)52(38-54(66)67)64-53(65)39-63-55(68)51(58)30-17-33-62-57(59)60/h42-52H,11-41,58H2,1-10H3,(H,61,69)(H,63,68)(H,64,65)(H,66,67)(H,70,71)(H4,59,60,62). The van der Waals surface area contributed by atoms with E-state index in [1.165, 1.54) is 96.3 Å². The Labute approximate surface area is 461 Å². The number of nitrogens with two attached hydrogens (primary N) is 2. The zero-order chi connectivity index (χ0) is 57.3. The molecule has 76 heavy (non-hydrogen) atoms. The summed E-state index contributed by atoms with van der Waals surface area (Å²) in [6.07, 6.45) is 23.8. The van der Waals surface area contributed by atoms with E-state index >= 15 is 0 Å². The number of carboxylic acid groups (broad SMARTS) is 1. The molecule has 0 aliphatic carbocycles. The van der Waals surface area contributed by atoms with Crippen LogP contribution in [0.2, 0.25) is 0 Å². The molecule has 0 spiro atoms. The number of nitrogens with one attached hydrogen (secondary N) is 5. The predicted molar refractivity (Wildman–Crippen MR) is 307 cm³/mol. The lowest BCUT2D eigenvalue weighted by Crippen LogP contribution is -2.52. The summed E-state index contributed by atoms with van der Waals surface area (Å²) in [5.41, 5.74) is 11.1. The molecule has 11 N–H and O–H groups in total. The highest BCUT2D eigenvalue weighted by molar-refractivity contribution is 7.47. The highest BCUT2D eigenvalue weighted by atomic mass is 31.2. The maximum atomic E-state index is 13.0. The summed E-state index contributed by atoms with van der Waals surface area (Å²) in [6.45, 7) is 23.1. The number of phosphoric acid groups is 1. The van der Waals surface area contributed by atoms with Crippen molar-refractivity contribution < 1.29 is 52.3 Å². The molecular formula is C57H114N7O11P. The number of phosphoric ester groups is 1. The fraction of sp³-hybridized carbons (Fsp3) is 0.912. The second-order valence-electron chi connectivity index (χ2n) is 23.6. The number of aliphatic carboxylic acids is 1. The van der Waals surface area contributed by atoms with E-state index in [-0.39, 0.29) is 32.1 Å². The fourth-order valence-electron chi connectivity index (χ4n) is 9.23. The SMILES string of the molecule is CC(C)CCCC(C)CCCC(C)CCCC(C)CCOCC(COP(=O)(O)OCCNC(=O)C(CC(=O)O)NC(=O)CNC(=O)C(N)CCCNC(=N)N)OCCC(C)CCCC(C)CCCC(C)CCCC(C)C. The first-order valence-corrected chi connectivity index (χ1v) is 31.1. The van der Waals surface area contributed by atoms with Crippen molar-refractivity contribution in [1.82, 2.24) is 21.3 Å². The number of amides is 3. The van der Waals surface area contributed by atoms with Crippen LogP contribution in [0.4, 0.5) is 0 Å². The van der Waals surface area contributed by atoms with Crippen molar-refractivity contribution in [1.29, 1.82) is 5.41 Å². The second kappa shape index (κ2) is 44.9. The van der Waals surface area contributed by atoms with Gasteiger partial charge in [-0.05, 0) is 73.0 Å².